The normalized spacial score (nSPS) is 17.7. The van der Waals surface area contributed by atoms with E-state index in [0.29, 0.717) is 22.9 Å². The zero-order valence-electron chi connectivity index (χ0n) is 18.6. The zero-order chi connectivity index (χ0) is 25.3. The lowest BCUT2D eigenvalue weighted by molar-refractivity contribution is -0.138. The minimum atomic E-state index is -0.947. The van der Waals surface area contributed by atoms with E-state index in [9.17, 15) is 23.2 Å². The van der Waals surface area contributed by atoms with Crippen LogP contribution in [0.1, 0.15) is 17.5 Å². The van der Waals surface area contributed by atoms with E-state index in [1.807, 2.05) is 0 Å². The van der Waals surface area contributed by atoms with Crippen LogP contribution in [0, 0.1) is 17.6 Å². The largest absolute Gasteiger partial charge is 0.351 e. The molecule has 11 heteroatoms. The first-order valence-corrected chi connectivity index (χ1v) is 11.4. The van der Waals surface area contributed by atoms with Crippen molar-refractivity contribution in [3.05, 3.63) is 70.4 Å². The molecule has 3 amide bonds. The smallest absolute Gasteiger partial charge is 0.323 e. The molecule has 1 saturated heterocycles. The van der Waals surface area contributed by atoms with Crippen molar-refractivity contribution in [1.29, 1.82) is 0 Å². The van der Waals surface area contributed by atoms with Crippen molar-refractivity contribution < 1.29 is 23.2 Å². The van der Waals surface area contributed by atoms with E-state index in [1.165, 1.54) is 15.7 Å². The Bertz CT molecular complexity index is 1310. The molecule has 1 aromatic heterocycles. The second-order valence-corrected chi connectivity index (χ2v) is 8.90. The van der Waals surface area contributed by atoms with Gasteiger partial charge in [-0.15, -0.1) is 0 Å². The van der Waals surface area contributed by atoms with E-state index in [0.717, 1.165) is 12.1 Å². The lowest BCUT2D eigenvalue weighted by Gasteiger charge is -2.24. The Morgan fingerprint density at radius 3 is 2.60 bits per heavy atom. The highest BCUT2D eigenvalue weighted by molar-refractivity contribution is 6.30. The number of nitrogens with one attached hydrogen (secondary N) is 1. The number of hydrogen-bond donors (Lipinski definition) is 3. The van der Waals surface area contributed by atoms with Gasteiger partial charge in [0.2, 0.25) is 11.8 Å². The van der Waals surface area contributed by atoms with Gasteiger partial charge >= 0.3 is 6.03 Å². The Morgan fingerprint density at radius 1 is 1.14 bits per heavy atom. The summed E-state index contributed by atoms with van der Waals surface area (Å²) in [6.45, 7) is 0.114. The molecule has 35 heavy (non-hydrogen) atoms. The van der Waals surface area contributed by atoms with Crippen LogP contribution < -0.4 is 16.8 Å². The van der Waals surface area contributed by atoms with Crippen molar-refractivity contribution in [3.63, 3.8) is 0 Å². The van der Waals surface area contributed by atoms with E-state index >= 15 is 0 Å². The molecule has 2 unspecified atom stereocenters. The fraction of sp³-hybridized carbons (Fsp3) is 0.292. The third kappa shape index (κ3) is 4.85. The third-order valence-electron chi connectivity index (χ3n) is 6.30. The third-order valence-corrected chi connectivity index (χ3v) is 6.59. The maximum atomic E-state index is 14.2. The van der Waals surface area contributed by atoms with Gasteiger partial charge in [0.05, 0.1) is 17.0 Å². The Labute approximate surface area is 204 Å². The number of primary amides is 1. The van der Waals surface area contributed by atoms with Crippen LogP contribution in [0.2, 0.25) is 5.02 Å². The van der Waals surface area contributed by atoms with Crippen LogP contribution in [-0.2, 0) is 22.6 Å². The lowest BCUT2D eigenvalue weighted by Crippen LogP contribution is -2.46. The van der Waals surface area contributed by atoms with Crippen LogP contribution >= 0.6 is 11.6 Å². The van der Waals surface area contributed by atoms with Gasteiger partial charge in [0.25, 0.3) is 0 Å². The fourth-order valence-corrected chi connectivity index (χ4v) is 4.66. The highest BCUT2D eigenvalue weighted by atomic mass is 35.5. The van der Waals surface area contributed by atoms with Gasteiger partial charge in [-0.25, -0.2) is 13.6 Å². The molecule has 1 aliphatic heterocycles. The number of carbonyl (C=O) groups excluding carboxylic acids is 3. The fourth-order valence-electron chi connectivity index (χ4n) is 4.48. The topological polar surface area (TPSA) is 123 Å². The number of fused-ring (bicyclic) bond motifs is 1. The minimum Gasteiger partial charge on any atom is -0.351 e. The number of hydrogen-bond acceptors (Lipinski definition) is 4. The molecular formula is C24H24ClF2N5O3. The molecule has 0 bridgehead atoms. The van der Waals surface area contributed by atoms with Crippen LogP contribution in [-0.4, -0.2) is 46.4 Å². The first kappa shape index (κ1) is 24.6. The molecule has 0 aliphatic carbocycles. The Hall–Kier alpha value is -3.50. The van der Waals surface area contributed by atoms with Crippen LogP contribution in [0.4, 0.5) is 13.6 Å². The molecule has 1 fully saturated rings. The summed E-state index contributed by atoms with van der Waals surface area (Å²) in [6.07, 6.45) is 1.76. The van der Waals surface area contributed by atoms with E-state index in [1.54, 1.807) is 24.3 Å². The molecule has 5 N–H and O–H groups in total. The first-order chi connectivity index (χ1) is 16.7. The molecule has 2 heterocycles. The van der Waals surface area contributed by atoms with Gasteiger partial charge in [-0.05, 0) is 42.6 Å². The van der Waals surface area contributed by atoms with E-state index < -0.39 is 36.2 Å². The van der Waals surface area contributed by atoms with Gasteiger partial charge in [0.1, 0.15) is 17.7 Å². The molecule has 1 aliphatic rings. The average Bonchev–Trinajstić information content (AvgIpc) is 3.44. The standard InChI is InChI=1S/C24H24ClF2N5O3/c25-17-5-6-18(26)16(22(17)27)10-30-23(34)20-7-13(9-28)11-31(20)21(33)8-14-12-32(24(29)35)19-4-2-1-3-15(14)19/h1-6,12-13,20H,7-11,28H2,(H2,29,35)(H,30,34). The quantitative estimate of drug-likeness (QED) is 0.447. The van der Waals surface area contributed by atoms with Gasteiger partial charge in [0.15, 0.2) is 0 Å². The molecule has 0 radical (unpaired) electrons. The number of amides is 3. The van der Waals surface area contributed by atoms with Crippen LogP contribution in [0.3, 0.4) is 0 Å². The average molecular weight is 504 g/mol. The number of carbonyl (C=O) groups is 3. The summed E-state index contributed by atoms with van der Waals surface area (Å²) >= 11 is 5.72. The number of nitrogens with zero attached hydrogens (tertiary/aromatic N) is 2. The molecule has 0 saturated carbocycles. The second-order valence-electron chi connectivity index (χ2n) is 8.50. The maximum absolute atomic E-state index is 14.2. The molecule has 2 aromatic carbocycles. The molecule has 184 valence electrons. The predicted molar refractivity (Wildman–Crippen MR) is 127 cm³/mol. The molecule has 4 rings (SSSR count). The van der Waals surface area contributed by atoms with Gasteiger partial charge < -0.3 is 21.7 Å². The van der Waals surface area contributed by atoms with Crippen molar-refractivity contribution in [1.82, 2.24) is 14.8 Å². The summed E-state index contributed by atoms with van der Waals surface area (Å²) in [5.41, 5.74) is 12.1. The molecule has 3 aromatic rings. The van der Waals surface area contributed by atoms with Gasteiger partial charge in [-0.3, -0.25) is 14.2 Å². The Morgan fingerprint density at radius 2 is 1.89 bits per heavy atom. The van der Waals surface area contributed by atoms with Crippen LogP contribution in [0.15, 0.2) is 42.6 Å². The molecule has 8 nitrogen and oxygen atoms in total. The number of likely N-dealkylation sites (tertiary alicyclic amines) is 1. The molecular weight excluding hydrogens is 480 g/mol. The molecule has 2 atom stereocenters. The summed E-state index contributed by atoms with van der Waals surface area (Å²) in [6, 6.07) is 7.62. The zero-order valence-corrected chi connectivity index (χ0v) is 19.4. The van der Waals surface area contributed by atoms with E-state index in [2.05, 4.69) is 5.32 Å². The lowest BCUT2D eigenvalue weighted by atomic mass is 10.1. The molecule has 0 spiro atoms. The Balaban J connectivity index is 1.53. The maximum Gasteiger partial charge on any atom is 0.323 e. The monoisotopic (exact) mass is 503 g/mol. The number of halogens is 3. The summed E-state index contributed by atoms with van der Waals surface area (Å²) < 4.78 is 29.5. The summed E-state index contributed by atoms with van der Waals surface area (Å²) in [5.74, 6) is -2.78. The summed E-state index contributed by atoms with van der Waals surface area (Å²) in [4.78, 5) is 39.5. The van der Waals surface area contributed by atoms with Gasteiger partial charge in [-0.2, -0.15) is 0 Å². The van der Waals surface area contributed by atoms with E-state index in [-0.39, 0.29) is 41.9 Å². The highest BCUT2D eigenvalue weighted by Crippen LogP contribution is 2.27. The predicted octanol–water partition coefficient (Wildman–Crippen LogP) is 2.53. The number of rotatable bonds is 6. The Kier molecular flexibility index (Phi) is 7.04. The van der Waals surface area contributed by atoms with Crippen molar-refractivity contribution in [2.24, 2.45) is 17.4 Å². The number of benzene rings is 2. The SMILES string of the molecule is NCC1CC(C(=O)NCc2c(F)ccc(Cl)c2F)N(C(=O)Cc2cn(C(N)=O)c3ccccc23)C1. The second kappa shape index (κ2) is 10.0. The van der Waals surface area contributed by atoms with Gasteiger partial charge in [-0.1, -0.05) is 29.8 Å². The van der Waals surface area contributed by atoms with Crippen molar-refractivity contribution in [2.45, 2.75) is 25.4 Å². The van der Waals surface area contributed by atoms with Crippen molar-refractivity contribution >= 4 is 40.3 Å². The summed E-state index contributed by atoms with van der Waals surface area (Å²) in [7, 11) is 0. The van der Waals surface area contributed by atoms with Crippen molar-refractivity contribution in [3.8, 4) is 0 Å². The van der Waals surface area contributed by atoms with Crippen LogP contribution in [0.25, 0.3) is 10.9 Å². The number of para-hydroxylation sites is 1. The van der Waals surface area contributed by atoms with Crippen LogP contribution in [0.5, 0.6) is 0 Å². The van der Waals surface area contributed by atoms with E-state index in [4.69, 9.17) is 23.1 Å². The highest BCUT2D eigenvalue weighted by Gasteiger charge is 2.39. The van der Waals surface area contributed by atoms with Crippen molar-refractivity contribution in [2.75, 3.05) is 13.1 Å². The number of nitrogens with two attached hydrogens (primary N) is 2. The van der Waals surface area contributed by atoms with Gasteiger partial charge in [0, 0.05) is 30.2 Å². The summed E-state index contributed by atoms with van der Waals surface area (Å²) in [5, 5.41) is 2.95. The first-order valence-electron chi connectivity index (χ1n) is 11.0. The number of aromatic nitrogens is 1. The minimum absolute atomic E-state index is 0.0700.